The Kier molecular flexibility index (Phi) is 11.3. The Labute approximate surface area is 224 Å². The molecule has 0 fully saturated rings. The van der Waals surface area contributed by atoms with E-state index in [1.807, 2.05) is 29.6 Å². The van der Waals surface area contributed by atoms with Gasteiger partial charge in [-0.1, -0.05) is 24.2 Å². The highest BCUT2D eigenvalue weighted by Crippen LogP contribution is 2.27. The van der Waals surface area contributed by atoms with Crippen molar-refractivity contribution in [2.75, 3.05) is 33.1 Å². The van der Waals surface area contributed by atoms with Gasteiger partial charge in [0.1, 0.15) is 4.70 Å². The number of amides is 1. The quantitative estimate of drug-likeness (QED) is 0.131. The number of nitrogens with one attached hydrogen (secondary N) is 1. The molecule has 0 aliphatic heterocycles. The number of carbonyl (C=O) groups is 2. The van der Waals surface area contributed by atoms with Crippen LogP contribution in [0.5, 0.6) is 11.5 Å². The van der Waals surface area contributed by atoms with Gasteiger partial charge in [-0.3, -0.25) is 19.0 Å². The number of unbranched alkanes of at least 4 members (excludes halogenated alkanes) is 2. The van der Waals surface area contributed by atoms with Crippen LogP contribution in [0.1, 0.15) is 38.2 Å². The van der Waals surface area contributed by atoms with Crippen molar-refractivity contribution in [3.05, 3.63) is 45.6 Å². The largest absolute Gasteiger partial charge is 0.493 e. The van der Waals surface area contributed by atoms with Gasteiger partial charge in [0, 0.05) is 19.5 Å². The zero-order chi connectivity index (χ0) is 26.6. The summed E-state index contributed by atoms with van der Waals surface area (Å²) in [5.74, 6) is 1.11. The molecule has 3 rings (SSSR count). The van der Waals surface area contributed by atoms with Crippen LogP contribution < -0.4 is 20.3 Å². The van der Waals surface area contributed by atoms with E-state index in [2.05, 4.69) is 10.3 Å². The Balaban J connectivity index is 1.44. The number of thiophene rings is 1. The second kappa shape index (κ2) is 14.6. The van der Waals surface area contributed by atoms with Crippen molar-refractivity contribution in [2.45, 2.75) is 50.7 Å². The maximum Gasteiger partial charge on any atom is 0.316 e. The van der Waals surface area contributed by atoms with Crippen molar-refractivity contribution in [2.24, 2.45) is 0 Å². The van der Waals surface area contributed by atoms with Crippen LogP contribution in [0.2, 0.25) is 0 Å². The summed E-state index contributed by atoms with van der Waals surface area (Å²) in [7, 11) is 3.19. The van der Waals surface area contributed by atoms with Gasteiger partial charge in [-0.15, -0.1) is 11.3 Å². The number of ether oxygens (including phenoxy) is 3. The number of aromatic nitrogens is 2. The summed E-state index contributed by atoms with van der Waals surface area (Å²) in [6, 6.07) is 7.53. The van der Waals surface area contributed by atoms with Crippen molar-refractivity contribution < 1.29 is 23.8 Å². The predicted molar refractivity (Wildman–Crippen MR) is 146 cm³/mol. The lowest BCUT2D eigenvalue weighted by Crippen LogP contribution is -2.25. The minimum atomic E-state index is -0.337. The average molecular weight is 548 g/mol. The predicted octanol–water partition coefficient (Wildman–Crippen LogP) is 4.05. The minimum absolute atomic E-state index is 0.00463. The molecule has 1 aromatic carbocycles. The van der Waals surface area contributed by atoms with E-state index in [1.165, 1.54) is 23.1 Å². The fourth-order valence-corrected chi connectivity index (χ4v) is 5.36. The monoisotopic (exact) mass is 547 g/mol. The summed E-state index contributed by atoms with van der Waals surface area (Å²) in [6.07, 6.45) is 3.36. The number of nitrogens with zero attached hydrogens (tertiary/aromatic N) is 2. The first kappa shape index (κ1) is 28.5. The number of methoxy groups -OCH3 is 2. The van der Waals surface area contributed by atoms with Gasteiger partial charge in [0.25, 0.3) is 5.56 Å². The van der Waals surface area contributed by atoms with Gasteiger partial charge in [0.2, 0.25) is 5.91 Å². The van der Waals surface area contributed by atoms with Crippen LogP contribution in [-0.2, 0) is 27.3 Å². The van der Waals surface area contributed by atoms with E-state index in [-0.39, 0.29) is 23.2 Å². The summed E-state index contributed by atoms with van der Waals surface area (Å²) < 4.78 is 17.8. The fraction of sp³-hybridized carbons (Fsp3) is 0.462. The van der Waals surface area contributed by atoms with Crippen LogP contribution in [0.4, 0.5) is 0 Å². The third kappa shape index (κ3) is 8.22. The molecule has 0 aliphatic carbocycles. The first-order valence-corrected chi connectivity index (χ1v) is 14.1. The molecule has 1 amide bonds. The first-order chi connectivity index (χ1) is 18.0. The second-order valence-electron chi connectivity index (χ2n) is 8.18. The van der Waals surface area contributed by atoms with Gasteiger partial charge in [0.15, 0.2) is 16.7 Å². The number of hydrogen-bond acceptors (Lipinski definition) is 9. The van der Waals surface area contributed by atoms with Gasteiger partial charge in [-0.2, -0.15) is 0 Å². The molecule has 2 heterocycles. The van der Waals surface area contributed by atoms with Crippen LogP contribution in [0.3, 0.4) is 0 Å². The third-order valence-electron chi connectivity index (χ3n) is 5.62. The molecule has 0 bridgehead atoms. The number of fused-ring (bicyclic) bond motifs is 1. The third-order valence-corrected chi connectivity index (χ3v) is 7.47. The van der Waals surface area contributed by atoms with E-state index in [4.69, 9.17) is 14.2 Å². The van der Waals surface area contributed by atoms with Crippen LogP contribution in [0.15, 0.2) is 39.6 Å². The van der Waals surface area contributed by atoms with Crippen molar-refractivity contribution in [3.8, 4) is 11.5 Å². The number of hydrogen-bond donors (Lipinski definition) is 1. The number of thioether (sulfide) groups is 1. The number of carbonyl (C=O) groups excluding carboxylic acids is 2. The van der Waals surface area contributed by atoms with Crippen molar-refractivity contribution in [3.63, 3.8) is 0 Å². The van der Waals surface area contributed by atoms with Crippen LogP contribution in [0.25, 0.3) is 10.2 Å². The Morgan fingerprint density at radius 3 is 2.68 bits per heavy atom. The highest BCUT2D eigenvalue weighted by atomic mass is 32.2. The summed E-state index contributed by atoms with van der Waals surface area (Å²) in [5.41, 5.74) is 1.60. The average Bonchev–Trinajstić information content (AvgIpc) is 3.37. The topological polar surface area (TPSA) is 109 Å². The standard InChI is InChI=1S/C26H33N3O6S2/c1-4-35-23(31)17-37-26-28-19-12-15-36-24(19)25(32)29(26)14-7-5-6-8-22(30)27-13-11-18-9-10-20(33-2)21(16-18)34-3/h9-10,12,15-16H,4-8,11,13-14,17H2,1-3H3,(H,27,30). The molecule has 3 aromatic rings. The smallest absolute Gasteiger partial charge is 0.316 e. The van der Waals surface area contributed by atoms with E-state index >= 15 is 0 Å². The lowest BCUT2D eigenvalue weighted by Gasteiger charge is -2.12. The summed E-state index contributed by atoms with van der Waals surface area (Å²) >= 11 is 2.57. The molecule has 0 atom stereocenters. The second-order valence-corrected chi connectivity index (χ2v) is 10.0. The van der Waals surface area contributed by atoms with E-state index in [0.29, 0.717) is 59.4 Å². The highest BCUT2D eigenvalue weighted by Gasteiger charge is 2.14. The summed E-state index contributed by atoms with van der Waals surface area (Å²) in [4.78, 5) is 41.6. The van der Waals surface area contributed by atoms with E-state index in [0.717, 1.165) is 24.8 Å². The molecule has 0 aliphatic rings. The molecule has 37 heavy (non-hydrogen) atoms. The molecule has 0 radical (unpaired) electrons. The van der Waals surface area contributed by atoms with Crippen LogP contribution >= 0.6 is 23.1 Å². The fourth-order valence-electron chi connectivity index (χ4n) is 3.76. The molecule has 0 unspecified atom stereocenters. The maximum absolute atomic E-state index is 13.0. The van der Waals surface area contributed by atoms with E-state index in [9.17, 15) is 14.4 Å². The molecular formula is C26H33N3O6S2. The maximum atomic E-state index is 13.0. The van der Waals surface area contributed by atoms with Gasteiger partial charge in [-0.05, 0) is 55.3 Å². The molecular weight excluding hydrogens is 514 g/mol. The number of benzene rings is 1. The Hall–Kier alpha value is -3.05. The zero-order valence-corrected chi connectivity index (χ0v) is 23.0. The van der Waals surface area contributed by atoms with Gasteiger partial charge in [-0.25, -0.2) is 4.98 Å². The van der Waals surface area contributed by atoms with Crippen molar-refractivity contribution in [1.29, 1.82) is 0 Å². The molecule has 9 nitrogen and oxygen atoms in total. The SMILES string of the molecule is CCOC(=O)CSc1nc2ccsc2c(=O)n1CCCCCC(=O)NCCc1ccc(OC)c(OC)c1. The van der Waals surface area contributed by atoms with Gasteiger partial charge < -0.3 is 19.5 Å². The number of rotatable bonds is 15. The Bertz CT molecular complexity index is 1260. The first-order valence-electron chi connectivity index (χ1n) is 12.2. The Morgan fingerprint density at radius 2 is 1.92 bits per heavy atom. The molecule has 0 spiro atoms. The summed E-state index contributed by atoms with van der Waals surface area (Å²) in [6.45, 7) is 3.09. The number of esters is 1. The lowest BCUT2D eigenvalue weighted by molar-refractivity contribution is -0.139. The van der Waals surface area contributed by atoms with Crippen molar-refractivity contribution >= 4 is 45.2 Å². The van der Waals surface area contributed by atoms with E-state index in [1.54, 1.807) is 25.7 Å². The van der Waals surface area contributed by atoms with Gasteiger partial charge >= 0.3 is 5.97 Å². The van der Waals surface area contributed by atoms with Gasteiger partial charge in [0.05, 0.1) is 32.1 Å². The van der Waals surface area contributed by atoms with E-state index < -0.39 is 0 Å². The molecule has 0 saturated carbocycles. The van der Waals surface area contributed by atoms with Crippen LogP contribution in [-0.4, -0.2) is 54.6 Å². The van der Waals surface area contributed by atoms with Crippen molar-refractivity contribution in [1.82, 2.24) is 14.9 Å². The summed E-state index contributed by atoms with van der Waals surface area (Å²) in [5, 5.41) is 5.31. The van der Waals surface area contributed by atoms with Crippen LogP contribution in [0, 0.1) is 0 Å². The molecule has 200 valence electrons. The zero-order valence-electron chi connectivity index (χ0n) is 21.4. The molecule has 2 aromatic heterocycles. The molecule has 0 saturated heterocycles. The normalized spacial score (nSPS) is 10.9. The molecule has 1 N–H and O–H groups in total. The minimum Gasteiger partial charge on any atom is -0.493 e. The lowest BCUT2D eigenvalue weighted by atomic mass is 10.1. The Morgan fingerprint density at radius 1 is 1.11 bits per heavy atom. The highest BCUT2D eigenvalue weighted by molar-refractivity contribution is 7.99. The molecule has 11 heteroatoms.